The van der Waals surface area contributed by atoms with Crippen molar-refractivity contribution in [1.82, 2.24) is 15.1 Å². The molecule has 3 aliphatic rings. The predicted molar refractivity (Wildman–Crippen MR) is 122 cm³/mol. The van der Waals surface area contributed by atoms with Gasteiger partial charge in [0.25, 0.3) is 0 Å². The summed E-state index contributed by atoms with van der Waals surface area (Å²) < 4.78 is 10.8. The van der Waals surface area contributed by atoms with Crippen LogP contribution in [0.5, 0.6) is 11.5 Å². The van der Waals surface area contributed by atoms with Gasteiger partial charge in [0, 0.05) is 43.5 Å². The molecule has 3 heterocycles. The van der Waals surface area contributed by atoms with Gasteiger partial charge in [-0.1, -0.05) is 13.8 Å². The normalized spacial score (nSPS) is 19.3. The second-order valence-corrected chi connectivity index (χ2v) is 8.25. The third kappa shape index (κ3) is 4.38. The quantitative estimate of drug-likeness (QED) is 0.779. The summed E-state index contributed by atoms with van der Waals surface area (Å²) in [6.07, 6.45) is 11.1. The first-order chi connectivity index (χ1) is 14.6. The molecule has 0 aliphatic carbocycles. The molecule has 0 radical (unpaired) electrons. The lowest BCUT2D eigenvalue weighted by Gasteiger charge is -2.37. The van der Waals surface area contributed by atoms with Crippen LogP contribution in [-0.4, -0.2) is 61.6 Å². The van der Waals surface area contributed by atoms with E-state index >= 15 is 0 Å². The van der Waals surface area contributed by atoms with Crippen molar-refractivity contribution in [3.8, 4) is 11.5 Å². The number of fused-ring (bicyclic) bond motifs is 1. The molecule has 0 aromatic heterocycles. The van der Waals surface area contributed by atoms with Crippen LogP contribution in [0, 0.1) is 0 Å². The van der Waals surface area contributed by atoms with Gasteiger partial charge in [-0.3, -0.25) is 0 Å². The topological polar surface area (TPSA) is 49.3 Å². The maximum atomic E-state index is 5.44. The molecule has 1 aromatic carbocycles. The summed E-state index contributed by atoms with van der Waals surface area (Å²) in [6, 6.07) is 7.11. The van der Waals surface area contributed by atoms with Crippen molar-refractivity contribution in [2.45, 2.75) is 38.8 Å². The molecule has 6 nitrogen and oxygen atoms in total. The van der Waals surface area contributed by atoms with Crippen molar-refractivity contribution in [2.75, 3.05) is 33.9 Å². The van der Waals surface area contributed by atoms with E-state index in [9.17, 15) is 0 Å². The highest BCUT2D eigenvalue weighted by Crippen LogP contribution is 2.32. The first-order valence-corrected chi connectivity index (χ1v) is 10.8. The fourth-order valence-corrected chi connectivity index (χ4v) is 4.27. The van der Waals surface area contributed by atoms with Crippen molar-refractivity contribution in [3.63, 3.8) is 0 Å². The van der Waals surface area contributed by atoms with Gasteiger partial charge < -0.3 is 24.6 Å². The van der Waals surface area contributed by atoms with Crippen LogP contribution in [0.4, 0.5) is 0 Å². The Morgan fingerprint density at radius 3 is 2.53 bits per heavy atom. The number of piperidine rings is 1. The number of hydrogen-bond donors (Lipinski definition) is 1. The number of allylic oxidation sites excluding steroid dienone is 1. The Kier molecular flexibility index (Phi) is 6.13. The SMILES string of the molecule is COc1ccc(C2=CCN3C=C(N4CCC(NC(C)C)CC4)C=CC3=N2)cc1OC. The summed E-state index contributed by atoms with van der Waals surface area (Å²) in [7, 11) is 3.30. The van der Waals surface area contributed by atoms with E-state index < -0.39 is 0 Å². The molecule has 6 heteroatoms. The Labute approximate surface area is 179 Å². The van der Waals surface area contributed by atoms with E-state index in [0.717, 1.165) is 48.2 Å². The van der Waals surface area contributed by atoms with Crippen LogP contribution in [0.15, 0.2) is 53.3 Å². The van der Waals surface area contributed by atoms with Crippen molar-refractivity contribution in [3.05, 3.63) is 53.9 Å². The van der Waals surface area contributed by atoms with E-state index in [1.807, 2.05) is 18.2 Å². The van der Waals surface area contributed by atoms with Gasteiger partial charge in [-0.15, -0.1) is 0 Å². The molecule has 1 N–H and O–H groups in total. The van der Waals surface area contributed by atoms with E-state index in [1.165, 1.54) is 18.5 Å². The average Bonchev–Trinajstić information content (AvgIpc) is 2.78. The van der Waals surface area contributed by atoms with Crippen LogP contribution < -0.4 is 14.8 Å². The molecule has 0 bridgehead atoms. The molecule has 0 unspecified atom stereocenters. The molecule has 1 saturated heterocycles. The minimum atomic E-state index is 0.550. The van der Waals surface area contributed by atoms with Crippen molar-refractivity contribution in [1.29, 1.82) is 0 Å². The molecule has 0 saturated carbocycles. The number of amidine groups is 1. The molecule has 1 fully saturated rings. The Hall–Kier alpha value is -2.73. The molecule has 3 aliphatic heterocycles. The number of methoxy groups -OCH3 is 2. The van der Waals surface area contributed by atoms with Gasteiger partial charge in [-0.25, -0.2) is 4.99 Å². The highest BCUT2D eigenvalue weighted by Gasteiger charge is 2.24. The zero-order valence-corrected chi connectivity index (χ0v) is 18.4. The van der Waals surface area contributed by atoms with E-state index in [1.54, 1.807) is 14.2 Å². The lowest BCUT2D eigenvalue weighted by atomic mass is 10.0. The van der Waals surface area contributed by atoms with Gasteiger partial charge in [-0.2, -0.15) is 0 Å². The highest BCUT2D eigenvalue weighted by atomic mass is 16.5. The second kappa shape index (κ2) is 8.96. The fourth-order valence-electron chi connectivity index (χ4n) is 4.27. The smallest absolute Gasteiger partial charge is 0.161 e. The first-order valence-electron chi connectivity index (χ1n) is 10.8. The zero-order chi connectivity index (χ0) is 21.1. The molecule has 0 amide bonds. The van der Waals surface area contributed by atoms with Gasteiger partial charge in [0.05, 0.1) is 25.6 Å². The second-order valence-electron chi connectivity index (χ2n) is 8.25. The van der Waals surface area contributed by atoms with Gasteiger partial charge in [0.2, 0.25) is 0 Å². The number of ether oxygens (including phenoxy) is 2. The Morgan fingerprint density at radius 1 is 1.07 bits per heavy atom. The van der Waals surface area contributed by atoms with Crippen LogP contribution in [0.25, 0.3) is 5.70 Å². The van der Waals surface area contributed by atoms with E-state index in [0.29, 0.717) is 12.1 Å². The lowest BCUT2D eigenvalue weighted by molar-refractivity contribution is 0.237. The highest BCUT2D eigenvalue weighted by molar-refractivity contribution is 6.00. The van der Waals surface area contributed by atoms with Crippen LogP contribution in [0.1, 0.15) is 32.3 Å². The Balaban J connectivity index is 1.43. The predicted octanol–water partition coefficient (Wildman–Crippen LogP) is 3.63. The summed E-state index contributed by atoms with van der Waals surface area (Å²) in [4.78, 5) is 9.58. The Bertz CT molecular complexity index is 892. The van der Waals surface area contributed by atoms with Crippen LogP contribution >= 0.6 is 0 Å². The average molecular weight is 409 g/mol. The molecule has 30 heavy (non-hydrogen) atoms. The largest absolute Gasteiger partial charge is 0.493 e. The molecular formula is C24H32N4O2. The van der Waals surface area contributed by atoms with Gasteiger partial charge in [0.15, 0.2) is 11.5 Å². The van der Waals surface area contributed by atoms with Crippen LogP contribution in [0.2, 0.25) is 0 Å². The monoisotopic (exact) mass is 408 g/mol. The van der Waals surface area contributed by atoms with Crippen molar-refractivity contribution < 1.29 is 9.47 Å². The number of hydrogen-bond acceptors (Lipinski definition) is 6. The zero-order valence-electron chi connectivity index (χ0n) is 18.4. The van der Waals surface area contributed by atoms with E-state index in [2.05, 4.69) is 53.4 Å². The number of aliphatic imine (C=N–C) groups is 1. The third-order valence-corrected chi connectivity index (χ3v) is 5.81. The molecule has 1 aromatic rings. The summed E-state index contributed by atoms with van der Waals surface area (Å²) in [5, 5.41) is 3.67. The fraction of sp³-hybridized carbons (Fsp3) is 0.458. The van der Waals surface area contributed by atoms with Crippen molar-refractivity contribution >= 4 is 11.5 Å². The first kappa shape index (κ1) is 20.5. The van der Waals surface area contributed by atoms with Crippen molar-refractivity contribution in [2.24, 2.45) is 4.99 Å². The third-order valence-electron chi connectivity index (χ3n) is 5.81. The number of benzene rings is 1. The van der Waals surface area contributed by atoms with Gasteiger partial charge in [-0.05, 0) is 49.3 Å². The molecular weight excluding hydrogens is 376 g/mol. The minimum Gasteiger partial charge on any atom is -0.493 e. The summed E-state index contributed by atoms with van der Waals surface area (Å²) in [5.41, 5.74) is 3.27. The number of nitrogens with one attached hydrogen (secondary N) is 1. The van der Waals surface area contributed by atoms with E-state index in [-0.39, 0.29) is 0 Å². The number of rotatable bonds is 6. The van der Waals surface area contributed by atoms with Crippen LogP contribution in [-0.2, 0) is 0 Å². The number of likely N-dealkylation sites (tertiary alicyclic amines) is 1. The standard InChI is InChI=1S/C24H32N4O2/c1-17(2)25-19-9-12-27(13-10-19)20-6-8-24-26-21(11-14-28(24)16-20)18-5-7-22(29-3)23(15-18)30-4/h5-8,11,15-17,19,25H,9-10,12-14H2,1-4H3. The number of nitrogens with zero attached hydrogens (tertiary/aromatic N) is 3. The van der Waals surface area contributed by atoms with Crippen LogP contribution in [0.3, 0.4) is 0 Å². The summed E-state index contributed by atoms with van der Waals surface area (Å²) >= 11 is 0. The molecule has 0 spiro atoms. The molecule has 0 atom stereocenters. The maximum Gasteiger partial charge on any atom is 0.161 e. The van der Waals surface area contributed by atoms with Gasteiger partial charge >= 0.3 is 0 Å². The Morgan fingerprint density at radius 2 is 1.83 bits per heavy atom. The maximum absolute atomic E-state index is 5.44. The van der Waals surface area contributed by atoms with E-state index in [4.69, 9.17) is 14.5 Å². The van der Waals surface area contributed by atoms with Gasteiger partial charge in [0.1, 0.15) is 5.84 Å². The lowest BCUT2D eigenvalue weighted by Crippen LogP contribution is -2.45. The minimum absolute atomic E-state index is 0.550. The summed E-state index contributed by atoms with van der Waals surface area (Å²) in [5.74, 6) is 2.42. The summed E-state index contributed by atoms with van der Waals surface area (Å²) in [6.45, 7) is 7.43. The molecule has 4 rings (SSSR count). The molecule has 160 valence electrons.